The van der Waals surface area contributed by atoms with Crippen LogP contribution in [0, 0.1) is 5.92 Å². The van der Waals surface area contributed by atoms with Crippen LogP contribution < -0.4 is 0 Å². The van der Waals surface area contributed by atoms with Crippen molar-refractivity contribution < 1.29 is 0 Å². The maximum absolute atomic E-state index is 4.33. The van der Waals surface area contributed by atoms with Gasteiger partial charge in [-0.2, -0.15) is 0 Å². The maximum Gasteiger partial charge on any atom is 0.167 e. The molecule has 2 rings (SSSR count). The largest absolute Gasteiger partial charge is 0.329 e. The first-order valence-electron chi connectivity index (χ1n) is 5.46. The summed E-state index contributed by atoms with van der Waals surface area (Å²) in [5, 5.41) is 1.16. The summed E-state index contributed by atoms with van der Waals surface area (Å²) in [6, 6.07) is 0. The Hall–Kier alpha value is -0.440. The molecule has 0 atom stereocenters. The molecule has 0 amide bonds. The fourth-order valence-electron chi connectivity index (χ4n) is 2.04. The summed E-state index contributed by atoms with van der Waals surface area (Å²) in [5.74, 6) is 2.19. The van der Waals surface area contributed by atoms with Crippen LogP contribution in [-0.4, -0.2) is 15.3 Å². The van der Waals surface area contributed by atoms with Gasteiger partial charge in [-0.05, 0) is 18.8 Å². The summed E-state index contributed by atoms with van der Waals surface area (Å²) >= 11 is 1.91. The van der Waals surface area contributed by atoms with Gasteiger partial charge in [0.05, 0.1) is 0 Å². The second kappa shape index (κ2) is 4.87. The minimum atomic E-state index is 0.936. The fourth-order valence-corrected chi connectivity index (χ4v) is 3.16. The molecule has 2 nitrogen and oxygen atoms in total. The molecular formula is C11H18N2S. The Morgan fingerprint density at radius 1 is 1.43 bits per heavy atom. The lowest BCUT2D eigenvalue weighted by Crippen LogP contribution is -2.09. The van der Waals surface area contributed by atoms with Gasteiger partial charge in [0, 0.05) is 25.2 Å². The van der Waals surface area contributed by atoms with Crippen LogP contribution in [0.3, 0.4) is 0 Å². The first-order chi connectivity index (χ1) is 6.86. The molecule has 0 aromatic carbocycles. The molecule has 3 heteroatoms. The number of rotatable bonds is 3. The van der Waals surface area contributed by atoms with Crippen LogP contribution in [0.4, 0.5) is 0 Å². The predicted molar refractivity (Wildman–Crippen MR) is 60.5 cm³/mol. The van der Waals surface area contributed by atoms with Gasteiger partial charge in [0.15, 0.2) is 5.16 Å². The zero-order valence-corrected chi connectivity index (χ0v) is 9.59. The Labute approximate surface area is 90.1 Å². The molecule has 0 radical (unpaired) electrons. The average Bonchev–Trinajstić information content (AvgIpc) is 2.63. The Morgan fingerprint density at radius 3 is 2.86 bits per heavy atom. The van der Waals surface area contributed by atoms with Crippen LogP contribution in [0.15, 0.2) is 17.6 Å². The van der Waals surface area contributed by atoms with Gasteiger partial charge in [0.25, 0.3) is 0 Å². The summed E-state index contributed by atoms with van der Waals surface area (Å²) in [6.45, 7) is 0. The first-order valence-corrected chi connectivity index (χ1v) is 6.45. The number of aryl methyl sites for hydroxylation is 1. The van der Waals surface area contributed by atoms with E-state index in [0.29, 0.717) is 0 Å². The molecule has 0 unspecified atom stereocenters. The number of hydrogen-bond acceptors (Lipinski definition) is 2. The van der Waals surface area contributed by atoms with Crippen LogP contribution in [0.1, 0.15) is 32.1 Å². The molecule has 1 aromatic rings. The lowest BCUT2D eigenvalue weighted by molar-refractivity contribution is 0.390. The van der Waals surface area contributed by atoms with E-state index in [1.165, 1.54) is 37.9 Å². The zero-order chi connectivity index (χ0) is 9.80. The van der Waals surface area contributed by atoms with E-state index >= 15 is 0 Å². The predicted octanol–water partition coefficient (Wildman–Crippen LogP) is 3.09. The second-order valence-corrected chi connectivity index (χ2v) is 5.12. The van der Waals surface area contributed by atoms with Crippen molar-refractivity contribution in [3.05, 3.63) is 12.4 Å². The number of thioether (sulfide) groups is 1. The molecule has 1 aromatic heterocycles. The lowest BCUT2D eigenvalue weighted by Gasteiger charge is -2.20. The smallest absolute Gasteiger partial charge is 0.167 e. The monoisotopic (exact) mass is 210 g/mol. The van der Waals surface area contributed by atoms with Crippen molar-refractivity contribution in [2.24, 2.45) is 13.0 Å². The molecular weight excluding hydrogens is 192 g/mol. The molecule has 1 aliphatic rings. The van der Waals surface area contributed by atoms with Gasteiger partial charge in [-0.3, -0.25) is 0 Å². The van der Waals surface area contributed by atoms with Crippen molar-refractivity contribution >= 4 is 11.8 Å². The molecule has 0 spiro atoms. The quantitative estimate of drug-likeness (QED) is 0.713. The third-order valence-electron chi connectivity index (χ3n) is 2.95. The van der Waals surface area contributed by atoms with E-state index in [4.69, 9.17) is 0 Å². The highest BCUT2D eigenvalue weighted by Gasteiger charge is 2.14. The molecule has 78 valence electrons. The van der Waals surface area contributed by atoms with Gasteiger partial charge < -0.3 is 4.57 Å². The molecule has 1 aliphatic carbocycles. The Bertz CT molecular complexity index is 277. The summed E-state index contributed by atoms with van der Waals surface area (Å²) in [6.07, 6.45) is 11.1. The number of nitrogens with zero attached hydrogens (tertiary/aromatic N) is 2. The van der Waals surface area contributed by atoms with Crippen molar-refractivity contribution in [1.29, 1.82) is 0 Å². The van der Waals surface area contributed by atoms with Crippen molar-refractivity contribution in [2.45, 2.75) is 37.3 Å². The van der Waals surface area contributed by atoms with Crippen LogP contribution in [0.25, 0.3) is 0 Å². The van der Waals surface area contributed by atoms with Crippen molar-refractivity contribution in [1.82, 2.24) is 9.55 Å². The highest BCUT2D eigenvalue weighted by molar-refractivity contribution is 7.99. The summed E-state index contributed by atoms with van der Waals surface area (Å²) in [5.41, 5.74) is 0. The third kappa shape index (κ3) is 2.53. The number of aromatic nitrogens is 2. The highest BCUT2D eigenvalue weighted by Crippen LogP contribution is 2.28. The van der Waals surface area contributed by atoms with Gasteiger partial charge >= 0.3 is 0 Å². The van der Waals surface area contributed by atoms with E-state index < -0.39 is 0 Å². The minimum absolute atomic E-state index is 0.936. The van der Waals surface area contributed by atoms with E-state index in [0.717, 1.165) is 11.1 Å². The van der Waals surface area contributed by atoms with Crippen molar-refractivity contribution in [3.8, 4) is 0 Å². The van der Waals surface area contributed by atoms with Gasteiger partial charge in [-0.1, -0.05) is 31.0 Å². The zero-order valence-electron chi connectivity index (χ0n) is 8.78. The van der Waals surface area contributed by atoms with Crippen LogP contribution in [0.2, 0.25) is 0 Å². The normalized spacial score (nSPS) is 18.6. The van der Waals surface area contributed by atoms with Gasteiger partial charge in [-0.15, -0.1) is 0 Å². The number of imidazole rings is 1. The second-order valence-electron chi connectivity index (χ2n) is 4.14. The molecule has 0 N–H and O–H groups in total. The van der Waals surface area contributed by atoms with Crippen LogP contribution in [-0.2, 0) is 7.05 Å². The fraction of sp³-hybridized carbons (Fsp3) is 0.727. The molecule has 0 aliphatic heterocycles. The Kier molecular flexibility index (Phi) is 3.51. The van der Waals surface area contributed by atoms with E-state index in [1.54, 1.807) is 0 Å². The average molecular weight is 210 g/mol. The highest BCUT2D eigenvalue weighted by atomic mass is 32.2. The van der Waals surface area contributed by atoms with E-state index in [1.807, 2.05) is 24.2 Å². The Balaban J connectivity index is 1.79. The summed E-state index contributed by atoms with van der Waals surface area (Å²) in [4.78, 5) is 4.33. The van der Waals surface area contributed by atoms with E-state index in [-0.39, 0.29) is 0 Å². The lowest BCUT2D eigenvalue weighted by atomic mass is 9.91. The number of hydrogen-bond donors (Lipinski definition) is 0. The van der Waals surface area contributed by atoms with E-state index in [2.05, 4.69) is 16.6 Å². The van der Waals surface area contributed by atoms with Crippen LogP contribution in [0.5, 0.6) is 0 Å². The molecule has 1 fully saturated rings. The van der Waals surface area contributed by atoms with Gasteiger partial charge in [0.2, 0.25) is 0 Å². The standard InChI is InChI=1S/C11H18N2S/c1-13-8-7-12-11(13)14-9-10-5-3-2-4-6-10/h7-8,10H,2-6,9H2,1H3. The molecule has 0 saturated heterocycles. The molecule has 1 saturated carbocycles. The van der Waals surface area contributed by atoms with Gasteiger partial charge in [-0.25, -0.2) is 4.98 Å². The molecule has 14 heavy (non-hydrogen) atoms. The van der Waals surface area contributed by atoms with E-state index in [9.17, 15) is 0 Å². The topological polar surface area (TPSA) is 17.8 Å². The van der Waals surface area contributed by atoms with Crippen LogP contribution >= 0.6 is 11.8 Å². The van der Waals surface area contributed by atoms with Gasteiger partial charge in [0.1, 0.15) is 0 Å². The summed E-state index contributed by atoms with van der Waals surface area (Å²) in [7, 11) is 2.07. The SMILES string of the molecule is Cn1ccnc1SCC1CCCCC1. The molecule has 0 bridgehead atoms. The third-order valence-corrected chi connectivity index (χ3v) is 4.24. The molecule has 1 heterocycles. The first kappa shape index (κ1) is 10.1. The van der Waals surface area contributed by atoms with Crippen molar-refractivity contribution in [3.63, 3.8) is 0 Å². The maximum atomic E-state index is 4.33. The van der Waals surface area contributed by atoms with Crippen molar-refractivity contribution in [2.75, 3.05) is 5.75 Å². The summed E-state index contributed by atoms with van der Waals surface area (Å²) < 4.78 is 2.10. The minimum Gasteiger partial charge on any atom is -0.329 e. The Morgan fingerprint density at radius 2 is 2.21 bits per heavy atom.